The Hall–Kier alpha value is -1.35. The third kappa shape index (κ3) is 3.40. The fourth-order valence-corrected chi connectivity index (χ4v) is 2.98. The summed E-state index contributed by atoms with van der Waals surface area (Å²) in [5, 5.41) is 6.54. The summed E-state index contributed by atoms with van der Waals surface area (Å²) >= 11 is 0. The lowest BCUT2D eigenvalue weighted by Crippen LogP contribution is -2.41. The minimum absolute atomic E-state index is 0.0911. The monoisotopic (exact) mass is 274 g/mol. The van der Waals surface area contributed by atoms with Crippen molar-refractivity contribution in [3.8, 4) is 0 Å². The molecule has 0 saturated carbocycles. The number of aryl methyl sites for hydroxylation is 2. The third-order valence-corrected chi connectivity index (χ3v) is 4.19. The van der Waals surface area contributed by atoms with Crippen molar-refractivity contribution < 1.29 is 4.79 Å². The first-order chi connectivity index (χ1) is 9.65. The highest BCUT2D eigenvalue weighted by Crippen LogP contribution is 2.24. The van der Waals surface area contributed by atoms with Gasteiger partial charge >= 0.3 is 0 Å². The van der Waals surface area contributed by atoms with Crippen molar-refractivity contribution in [2.24, 2.45) is 11.8 Å². The number of anilines is 1. The molecule has 0 aromatic heterocycles. The van der Waals surface area contributed by atoms with Crippen molar-refractivity contribution in [2.75, 3.05) is 18.4 Å². The fourth-order valence-electron chi connectivity index (χ4n) is 2.98. The molecule has 1 aromatic rings. The number of para-hydroxylation sites is 1. The van der Waals surface area contributed by atoms with Gasteiger partial charge in [0.05, 0.1) is 5.92 Å². The molecule has 1 amide bonds. The molecule has 3 nitrogen and oxygen atoms in total. The first-order valence-electron chi connectivity index (χ1n) is 7.78. The van der Waals surface area contributed by atoms with Crippen molar-refractivity contribution >= 4 is 11.6 Å². The first kappa shape index (κ1) is 15.0. The molecule has 2 N–H and O–H groups in total. The Labute approximate surface area is 122 Å². The summed E-state index contributed by atoms with van der Waals surface area (Å²) < 4.78 is 0. The van der Waals surface area contributed by atoms with Crippen LogP contribution in [0.15, 0.2) is 18.2 Å². The molecule has 2 unspecified atom stereocenters. The zero-order valence-electron chi connectivity index (χ0n) is 12.8. The van der Waals surface area contributed by atoms with E-state index in [4.69, 9.17) is 0 Å². The van der Waals surface area contributed by atoms with Crippen molar-refractivity contribution in [2.45, 2.75) is 40.0 Å². The maximum Gasteiger partial charge on any atom is 0.228 e. The van der Waals surface area contributed by atoms with E-state index in [2.05, 4.69) is 49.6 Å². The van der Waals surface area contributed by atoms with Gasteiger partial charge in [0, 0.05) is 12.2 Å². The number of hydrogen-bond acceptors (Lipinski definition) is 2. The number of benzene rings is 1. The van der Waals surface area contributed by atoms with Crippen LogP contribution >= 0.6 is 0 Å². The van der Waals surface area contributed by atoms with E-state index in [1.807, 2.05) is 0 Å². The van der Waals surface area contributed by atoms with Crippen LogP contribution in [-0.4, -0.2) is 19.0 Å². The second kappa shape index (κ2) is 6.89. The maximum absolute atomic E-state index is 12.5. The van der Waals surface area contributed by atoms with E-state index >= 15 is 0 Å². The Balaban J connectivity index is 2.14. The molecule has 0 aliphatic carbocycles. The van der Waals surface area contributed by atoms with Crippen molar-refractivity contribution in [1.82, 2.24) is 5.32 Å². The second-order valence-corrected chi connectivity index (χ2v) is 5.84. The van der Waals surface area contributed by atoms with Gasteiger partial charge in [-0.2, -0.15) is 0 Å². The Morgan fingerprint density at radius 3 is 2.45 bits per heavy atom. The standard InChI is InChI=1S/C17H26N2O/c1-4-13-7-6-8-14(5-2)16(13)19-17(20)15-9-12(3)10-18-11-15/h6-8,12,15,18H,4-5,9-11H2,1-3H3,(H,19,20). The van der Waals surface area contributed by atoms with E-state index in [1.165, 1.54) is 11.1 Å². The van der Waals surface area contributed by atoms with E-state index in [0.717, 1.165) is 38.0 Å². The van der Waals surface area contributed by atoms with Gasteiger partial charge in [0.1, 0.15) is 0 Å². The molecule has 1 fully saturated rings. The van der Waals surface area contributed by atoms with E-state index in [1.54, 1.807) is 0 Å². The largest absolute Gasteiger partial charge is 0.325 e. The average Bonchev–Trinajstić information content (AvgIpc) is 2.47. The van der Waals surface area contributed by atoms with Crippen molar-refractivity contribution in [3.05, 3.63) is 29.3 Å². The molecule has 1 heterocycles. The normalized spacial score (nSPS) is 22.6. The first-order valence-corrected chi connectivity index (χ1v) is 7.78. The predicted octanol–water partition coefficient (Wildman–Crippen LogP) is 3.00. The van der Waals surface area contributed by atoms with E-state index < -0.39 is 0 Å². The molecule has 1 aliphatic rings. The summed E-state index contributed by atoms with van der Waals surface area (Å²) in [6.45, 7) is 8.29. The van der Waals surface area contributed by atoms with Crippen LogP contribution in [0.5, 0.6) is 0 Å². The van der Waals surface area contributed by atoms with Gasteiger partial charge in [-0.3, -0.25) is 4.79 Å². The van der Waals surface area contributed by atoms with Crippen LogP contribution < -0.4 is 10.6 Å². The summed E-state index contributed by atoms with van der Waals surface area (Å²) in [5.41, 5.74) is 3.50. The molecule has 0 bridgehead atoms. The lowest BCUT2D eigenvalue weighted by molar-refractivity contribution is -0.120. The van der Waals surface area contributed by atoms with Gasteiger partial charge in [0.15, 0.2) is 0 Å². The Morgan fingerprint density at radius 1 is 1.25 bits per heavy atom. The smallest absolute Gasteiger partial charge is 0.228 e. The van der Waals surface area contributed by atoms with Crippen LogP contribution in [0.2, 0.25) is 0 Å². The topological polar surface area (TPSA) is 41.1 Å². The van der Waals surface area contributed by atoms with Gasteiger partial charge in [0.2, 0.25) is 5.91 Å². The molecule has 2 atom stereocenters. The van der Waals surface area contributed by atoms with Gasteiger partial charge in [-0.15, -0.1) is 0 Å². The molecule has 1 aromatic carbocycles. The van der Waals surface area contributed by atoms with Crippen LogP contribution in [0.1, 0.15) is 38.3 Å². The van der Waals surface area contributed by atoms with E-state index in [-0.39, 0.29) is 11.8 Å². The molecule has 1 saturated heterocycles. The van der Waals surface area contributed by atoms with Crippen LogP contribution in [0.4, 0.5) is 5.69 Å². The predicted molar refractivity (Wildman–Crippen MR) is 84.0 cm³/mol. The number of nitrogens with one attached hydrogen (secondary N) is 2. The minimum atomic E-state index is 0.0911. The van der Waals surface area contributed by atoms with E-state index in [9.17, 15) is 4.79 Å². The third-order valence-electron chi connectivity index (χ3n) is 4.19. The molecule has 0 radical (unpaired) electrons. The van der Waals surface area contributed by atoms with Crippen LogP contribution in [0.3, 0.4) is 0 Å². The summed E-state index contributed by atoms with van der Waals surface area (Å²) in [6, 6.07) is 6.30. The average molecular weight is 274 g/mol. The molecule has 20 heavy (non-hydrogen) atoms. The Morgan fingerprint density at radius 2 is 1.90 bits per heavy atom. The zero-order valence-corrected chi connectivity index (χ0v) is 12.8. The Bertz CT molecular complexity index is 448. The van der Waals surface area contributed by atoms with Gasteiger partial charge in [-0.05, 0) is 42.9 Å². The number of rotatable bonds is 4. The summed E-state index contributed by atoms with van der Waals surface area (Å²) in [6.07, 6.45) is 2.88. The maximum atomic E-state index is 12.5. The molecule has 3 heteroatoms. The quantitative estimate of drug-likeness (QED) is 0.886. The highest BCUT2D eigenvalue weighted by Gasteiger charge is 2.25. The van der Waals surface area contributed by atoms with Crippen molar-refractivity contribution in [1.29, 1.82) is 0 Å². The lowest BCUT2D eigenvalue weighted by Gasteiger charge is -2.27. The van der Waals surface area contributed by atoms with Crippen LogP contribution in [0.25, 0.3) is 0 Å². The number of carbonyl (C=O) groups excluding carboxylic acids is 1. The van der Waals surface area contributed by atoms with Crippen LogP contribution in [0, 0.1) is 11.8 Å². The van der Waals surface area contributed by atoms with Gasteiger partial charge < -0.3 is 10.6 Å². The molecular formula is C17H26N2O. The number of carbonyl (C=O) groups is 1. The number of piperidine rings is 1. The van der Waals surface area contributed by atoms with Crippen molar-refractivity contribution in [3.63, 3.8) is 0 Å². The molecular weight excluding hydrogens is 248 g/mol. The zero-order chi connectivity index (χ0) is 14.5. The highest BCUT2D eigenvalue weighted by molar-refractivity contribution is 5.94. The molecule has 2 rings (SSSR count). The fraction of sp³-hybridized carbons (Fsp3) is 0.588. The van der Waals surface area contributed by atoms with Gasteiger partial charge in [-0.25, -0.2) is 0 Å². The number of hydrogen-bond donors (Lipinski definition) is 2. The van der Waals surface area contributed by atoms with Gasteiger partial charge in [-0.1, -0.05) is 39.0 Å². The van der Waals surface area contributed by atoms with Gasteiger partial charge in [0.25, 0.3) is 0 Å². The summed E-state index contributed by atoms with van der Waals surface area (Å²) in [7, 11) is 0. The SMILES string of the molecule is CCc1cccc(CC)c1NC(=O)C1CNCC(C)C1. The molecule has 0 spiro atoms. The summed E-state index contributed by atoms with van der Waals surface area (Å²) in [4.78, 5) is 12.5. The van der Waals surface area contributed by atoms with E-state index in [0.29, 0.717) is 5.92 Å². The lowest BCUT2D eigenvalue weighted by atomic mass is 9.91. The second-order valence-electron chi connectivity index (χ2n) is 5.84. The minimum Gasteiger partial charge on any atom is -0.325 e. The number of amides is 1. The summed E-state index contributed by atoms with van der Waals surface area (Å²) in [5.74, 6) is 0.833. The van der Waals surface area contributed by atoms with Crippen LogP contribution in [-0.2, 0) is 17.6 Å². The molecule has 110 valence electrons. The highest BCUT2D eigenvalue weighted by atomic mass is 16.1. The molecule has 1 aliphatic heterocycles. The Kier molecular flexibility index (Phi) is 5.18.